The van der Waals surface area contributed by atoms with Crippen LogP contribution in [-0.4, -0.2) is 42.4 Å². The predicted octanol–water partition coefficient (Wildman–Crippen LogP) is 2.40. The Bertz CT molecular complexity index is 1060. The molecule has 0 saturated carbocycles. The van der Waals surface area contributed by atoms with Crippen LogP contribution in [0, 0.1) is 13.8 Å². The van der Waals surface area contributed by atoms with Gasteiger partial charge in [0.1, 0.15) is 6.33 Å². The summed E-state index contributed by atoms with van der Waals surface area (Å²) in [6.07, 6.45) is 1.52. The van der Waals surface area contributed by atoms with E-state index in [-0.39, 0.29) is 0 Å². The summed E-state index contributed by atoms with van der Waals surface area (Å²) in [5, 5.41) is 15.3. The molecule has 0 spiro atoms. The highest BCUT2D eigenvalue weighted by atomic mass is 16.5. The highest BCUT2D eigenvalue weighted by molar-refractivity contribution is 5.68. The fourth-order valence-corrected chi connectivity index (χ4v) is 2.73. The molecule has 0 aliphatic carbocycles. The van der Waals surface area contributed by atoms with Crippen LogP contribution in [0.5, 0.6) is 5.88 Å². The van der Waals surface area contributed by atoms with E-state index in [1.54, 1.807) is 11.8 Å². The number of aryl methyl sites for hydroxylation is 2. The van der Waals surface area contributed by atoms with Gasteiger partial charge in [-0.2, -0.15) is 4.98 Å². The van der Waals surface area contributed by atoms with Crippen LogP contribution in [0.15, 0.2) is 41.2 Å². The van der Waals surface area contributed by atoms with Crippen LogP contribution < -0.4 is 4.74 Å². The van der Waals surface area contributed by atoms with Crippen LogP contribution in [0.1, 0.15) is 11.3 Å². The summed E-state index contributed by atoms with van der Waals surface area (Å²) >= 11 is 0. The first-order chi connectivity index (χ1) is 12.7. The van der Waals surface area contributed by atoms with E-state index in [2.05, 4.69) is 30.7 Å². The van der Waals surface area contributed by atoms with Gasteiger partial charge in [-0.15, -0.1) is 5.10 Å². The van der Waals surface area contributed by atoms with E-state index in [4.69, 9.17) is 9.26 Å². The number of hydrogen-bond acceptors (Lipinski definition) is 8. The fourth-order valence-electron chi connectivity index (χ4n) is 2.73. The van der Waals surface area contributed by atoms with Crippen LogP contribution in [-0.2, 0) is 0 Å². The second-order valence-corrected chi connectivity index (χ2v) is 5.69. The number of aromatic nitrogens is 7. The second kappa shape index (κ2) is 6.36. The van der Waals surface area contributed by atoms with E-state index in [0.717, 1.165) is 22.5 Å². The van der Waals surface area contributed by atoms with Gasteiger partial charge >= 0.3 is 0 Å². The van der Waals surface area contributed by atoms with Crippen LogP contribution in [0.3, 0.4) is 0 Å². The number of tetrazole rings is 1. The Morgan fingerprint density at radius 3 is 2.77 bits per heavy atom. The first kappa shape index (κ1) is 15.9. The van der Waals surface area contributed by atoms with Gasteiger partial charge in [0.15, 0.2) is 0 Å². The molecule has 0 fully saturated rings. The second-order valence-electron chi connectivity index (χ2n) is 5.69. The zero-order valence-corrected chi connectivity index (χ0v) is 14.4. The average Bonchev–Trinajstić information content (AvgIpc) is 3.33. The Labute approximate surface area is 148 Å². The molecule has 4 aromatic rings. The Morgan fingerprint density at radius 2 is 2.00 bits per heavy atom. The molecule has 0 bridgehead atoms. The maximum Gasteiger partial charge on any atom is 0.258 e. The van der Waals surface area contributed by atoms with Crippen molar-refractivity contribution in [3.05, 3.63) is 47.9 Å². The first-order valence-electron chi connectivity index (χ1n) is 7.86. The van der Waals surface area contributed by atoms with Gasteiger partial charge in [-0.1, -0.05) is 11.2 Å². The van der Waals surface area contributed by atoms with Gasteiger partial charge in [-0.25, -0.2) is 9.67 Å². The Hall–Kier alpha value is -3.62. The minimum Gasteiger partial charge on any atom is -0.480 e. The molecule has 9 nitrogen and oxygen atoms in total. The monoisotopic (exact) mass is 349 g/mol. The minimum absolute atomic E-state index is 0.386. The molecule has 0 radical (unpaired) electrons. The third-order valence-corrected chi connectivity index (χ3v) is 3.86. The summed E-state index contributed by atoms with van der Waals surface area (Å²) < 4.78 is 12.4. The summed E-state index contributed by atoms with van der Waals surface area (Å²) in [6, 6.07) is 9.45. The van der Waals surface area contributed by atoms with Crippen molar-refractivity contribution in [3.63, 3.8) is 0 Å². The van der Waals surface area contributed by atoms with E-state index >= 15 is 0 Å². The molecule has 4 rings (SSSR count). The van der Waals surface area contributed by atoms with Crippen molar-refractivity contribution >= 4 is 0 Å². The van der Waals surface area contributed by atoms with Crippen LogP contribution >= 0.6 is 0 Å². The molecule has 3 heterocycles. The lowest BCUT2D eigenvalue weighted by atomic mass is 10.1. The fraction of sp³-hybridized carbons (Fsp3) is 0.176. The lowest BCUT2D eigenvalue weighted by Gasteiger charge is -2.08. The van der Waals surface area contributed by atoms with Crippen molar-refractivity contribution in [1.29, 1.82) is 0 Å². The standard InChI is InChI=1S/C17H15N7O2/c1-10-7-11(2)19-17(25-3)14(10)15-20-16(26-21-15)12-5-4-6-13(8-12)24-9-18-22-23-24/h4-9H,1-3H3. The van der Waals surface area contributed by atoms with Crippen LogP contribution in [0.2, 0.25) is 0 Å². The summed E-state index contributed by atoms with van der Waals surface area (Å²) in [5.41, 5.74) is 4.08. The van der Waals surface area contributed by atoms with Gasteiger partial charge in [-0.05, 0) is 54.1 Å². The highest BCUT2D eigenvalue weighted by Crippen LogP contribution is 2.31. The third kappa shape index (κ3) is 2.79. The lowest BCUT2D eigenvalue weighted by molar-refractivity contribution is 0.396. The SMILES string of the molecule is COc1nc(C)cc(C)c1-c1noc(-c2cccc(-n3cnnn3)c2)n1. The number of methoxy groups -OCH3 is 1. The van der Waals surface area contributed by atoms with Crippen molar-refractivity contribution in [3.8, 4) is 34.4 Å². The topological polar surface area (TPSA) is 105 Å². The molecule has 0 aliphatic rings. The third-order valence-electron chi connectivity index (χ3n) is 3.86. The molecule has 130 valence electrons. The first-order valence-corrected chi connectivity index (χ1v) is 7.86. The molecular weight excluding hydrogens is 334 g/mol. The number of ether oxygens (including phenoxy) is 1. The van der Waals surface area contributed by atoms with Crippen molar-refractivity contribution in [1.82, 2.24) is 35.3 Å². The minimum atomic E-state index is 0.386. The van der Waals surface area contributed by atoms with Crippen molar-refractivity contribution in [2.75, 3.05) is 7.11 Å². The number of rotatable bonds is 4. The van der Waals surface area contributed by atoms with E-state index < -0.39 is 0 Å². The molecule has 3 aromatic heterocycles. The molecular formula is C17H15N7O2. The maximum atomic E-state index is 5.46. The molecule has 0 amide bonds. The number of hydrogen-bond donors (Lipinski definition) is 0. The van der Waals surface area contributed by atoms with Crippen molar-refractivity contribution in [2.24, 2.45) is 0 Å². The van der Waals surface area contributed by atoms with Gasteiger partial charge < -0.3 is 9.26 Å². The predicted molar refractivity (Wildman–Crippen MR) is 91.7 cm³/mol. The number of nitrogens with zero attached hydrogens (tertiary/aromatic N) is 7. The van der Waals surface area contributed by atoms with Gasteiger partial charge in [0.05, 0.1) is 18.4 Å². The Kier molecular flexibility index (Phi) is 3.88. The Morgan fingerprint density at radius 1 is 1.12 bits per heavy atom. The Balaban J connectivity index is 1.75. The van der Waals surface area contributed by atoms with Gasteiger partial charge in [0, 0.05) is 11.3 Å². The van der Waals surface area contributed by atoms with Crippen molar-refractivity contribution < 1.29 is 9.26 Å². The molecule has 0 N–H and O–H groups in total. The summed E-state index contributed by atoms with van der Waals surface area (Å²) in [6.45, 7) is 3.87. The zero-order valence-electron chi connectivity index (χ0n) is 14.4. The zero-order chi connectivity index (χ0) is 18.1. The summed E-state index contributed by atoms with van der Waals surface area (Å²) in [5.74, 6) is 1.28. The smallest absolute Gasteiger partial charge is 0.258 e. The summed E-state index contributed by atoms with van der Waals surface area (Å²) in [4.78, 5) is 8.90. The molecule has 0 unspecified atom stereocenters. The quantitative estimate of drug-likeness (QED) is 0.553. The van der Waals surface area contributed by atoms with Gasteiger partial charge in [0.25, 0.3) is 5.89 Å². The van der Waals surface area contributed by atoms with Crippen molar-refractivity contribution in [2.45, 2.75) is 13.8 Å². The molecule has 0 atom stereocenters. The summed E-state index contributed by atoms with van der Waals surface area (Å²) in [7, 11) is 1.57. The van der Waals surface area contributed by atoms with Gasteiger partial charge in [0.2, 0.25) is 11.7 Å². The normalized spacial score (nSPS) is 10.9. The highest BCUT2D eigenvalue weighted by Gasteiger charge is 2.19. The average molecular weight is 349 g/mol. The lowest BCUT2D eigenvalue weighted by Crippen LogP contribution is -1.97. The largest absolute Gasteiger partial charge is 0.480 e. The number of benzene rings is 1. The molecule has 9 heteroatoms. The molecule has 1 aromatic carbocycles. The molecule has 26 heavy (non-hydrogen) atoms. The van der Waals surface area contributed by atoms with Crippen LogP contribution in [0.4, 0.5) is 0 Å². The van der Waals surface area contributed by atoms with E-state index in [0.29, 0.717) is 23.2 Å². The molecule has 0 aliphatic heterocycles. The van der Waals surface area contributed by atoms with E-state index in [1.165, 1.54) is 6.33 Å². The maximum absolute atomic E-state index is 5.46. The van der Waals surface area contributed by atoms with E-state index in [9.17, 15) is 0 Å². The van der Waals surface area contributed by atoms with Gasteiger partial charge in [-0.3, -0.25) is 0 Å². The van der Waals surface area contributed by atoms with Crippen LogP contribution in [0.25, 0.3) is 28.5 Å². The number of pyridine rings is 1. The van der Waals surface area contributed by atoms with E-state index in [1.807, 2.05) is 44.2 Å². The molecule has 0 saturated heterocycles.